The largest absolute Gasteiger partial charge is 0.500 e. The third-order valence-corrected chi connectivity index (χ3v) is 7.25. The average Bonchev–Trinajstić information content (AvgIpc) is 2.70. The Morgan fingerprint density at radius 1 is 0.786 bits per heavy atom. The molecule has 0 radical (unpaired) electrons. The van der Waals surface area contributed by atoms with Gasteiger partial charge in [-0.25, -0.2) is 9.59 Å². The van der Waals surface area contributed by atoms with Crippen LogP contribution in [0, 0.1) is 0 Å². The van der Waals surface area contributed by atoms with Gasteiger partial charge in [-0.2, -0.15) is 0 Å². The molecule has 0 heterocycles. The normalized spacial score (nSPS) is 11.2. The number of amides is 4. The van der Waals surface area contributed by atoms with Gasteiger partial charge in [0, 0.05) is 60.1 Å². The van der Waals surface area contributed by atoms with E-state index in [2.05, 4.69) is 29.8 Å². The van der Waals surface area contributed by atoms with E-state index < -0.39 is 8.80 Å². The van der Waals surface area contributed by atoms with Gasteiger partial charge < -0.3 is 34.1 Å². The highest BCUT2D eigenvalue weighted by atomic mass is 28.4. The average molecular weight is 421 g/mol. The van der Waals surface area contributed by atoms with Crippen LogP contribution in [0.2, 0.25) is 6.04 Å². The Morgan fingerprint density at radius 3 is 1.86 bits per heavy atom. The van der Waals surface area contributed by atoms with E-state index in [1.807, 2.05) is 0 Å². The molecule has 0 bridgehead atoms. The maximum absolute atomic E-state index is 12.5. The summed E-state index contributed by atoms with van der Waals surface area (Å²) in [4.78, 5) is 25.9. The standard InChI is InChI=1S/C18H40N4O5Si/c1-6-8-11-19-17(23)20-13-15-22(18(24)21-12-9-7-2)14-10-16-28(25-3,26-4)27-5/h6-16H2,1-5H3,(H,21,24)(H2,19,20,23). The number of rotatable bonds is 16. The van der Waals surface area contributed by atoms with Gasteiger partial charge in [0.05, 0.1) is 0 Å². The third kappa shape index (κ3) is 11.5. The van der Waals surface area contributed by atoms with Crippen LogP contribution in [0.3, 0.4) is 0 Å². The monoisotopic (exact) mass is 420 g/mol. The first kappa shape index (κ1) is 26.6. The summed E-state index contributed by atoms with van der Waals surface area (Å²) in [5.41, 5.74) is 0. The minimum absolute atomic E-state index is 0.124. The fourth-order valence-electron chi connectivity index (χ4n) is 2.59. The molecule has 10 heteroatoms. The van der Waals surface area contributed by atoms with Crippen molar-refractivity contribution in [3.8, 4) is 0 Å². The lowest BCUT2D eigenvalue weighted by Gasteiger charge is -2.27. The van der Waals surface area contributed by atoms with Gasteiger partial charge in [-0.3, -0.25) is 0 Å². The Morgan fingerprint density at radius 2 is 1.32 bits per heavy atom. The number of hydrogen-bond acceptors (Lipinski definition) is 5. The van der Waals surface area contributed by atoms with E-state index in [-0.39, 0.29) is 12.1 Å². The lowest BCUT2D eigenvalue weighted by atomic mass is 10.3. The second-order valence-electron chi connectivity index (χ2n) is 6.51. The molecule has 0 aliphatic heterocycles. The van der Waals surface area contributed by atoms with E-state index in [0.29, 0.717) is 45.2 Å². The summed E-state index contributed by atoms with van der Waals surface area (Å²) in [7, 11) is 2.08. The summed E-state index contributed by atoms with van der Waals surface area (Å²) in [6, 6.07) is 0.283. The van der Waals surface area contributed by atoms with Crippen LogP contribution in [0.4, 0.5) is 9.59 Å². The molecule has 0 fully saturated rings. The highest BCUT2D eigenvalue weighted by molar-refractivity contribution is 6.60. The fraction of sp³-hybridized carbons (Fsp3) is 0.889. The first-order valence-corrected chi connectivity index (χ1v) is 12.1. The molecular formula is C18H40N4O5Si. The molecule has 9 nitrogen and oxygen atoms in total. The van der Waals surface area contributed by atoms with E-state index in [1.54, 1.807) is 26.2 Å². The maximum Gasteiger partial charge on any atom is 0.500 e. The summed E-state index contributed by atoms with van der Waals surface area (Å²) in [6.45, 7) is 6.80. The molecule has 28 heavy (non-hydrogen) atoms. The molecule has 3 N–H and O–H groups in total. The molecule has 166 valence electrons. The second-order valence-corrected chi connectivity index (χ2v) is 9.60. The van der Waals surface area contributed by atoms with Crippen LogP contribution in [0.5, 0.6) is 0 Å². The minimum atomic E-state index is -2.66. The molecule has 0 aromatic carbocycles. The van der Waals surface area contributed by atoms with Crippen LogP contribution < -0.4 is 16.0 Å². The smallest absolute Gasteiger partial charge is 0.377 e. The zero-order valence-corrected chi connectivity index (χ0v) is 19.3. The first-order valence-electron chi connectivity index (χ1n) is 10.2. The third-order valence-electron chi connectivity index (χ3n) is 4.42. The zero-order chi connectivity index (χ0) is 21.3. The zero-order valence-electron chi connectivity index (χ0n) is 18.3. The van der Waals surface area contributed by atoms with Gasteiger partial charge in [0.15, 0.2) is 0 Å². The SMILES string of the molecule is CCCCNC(=O)NCCN(CCC[Si](OC)(OC)OC)C(=O)NCCCC. The predicted molar refractivity (Wildman–Crippen MR) is 112 cm³/mol. The number of urea groups is 2. The number of nitrogens with one attached hydrogen (secondary N) is 3. The first-order chi connectivity index (χ1) is 13.5. The molecule has 0 spiro atoms. The van der Waals surface area contributed by atoms with Crippen LogP contribution in [-0.2, 0) is 13.3 Å². The maximum atomic E-state index is 12.5. The van der Waals surface area contributed by atoms with E-state index in [1.165, 1.54) is 0 Å². The number of carbonyl (C=O) groups is 2. The highest BCUT2D eigenvalue weighted by Gasteiger charge is 2.37. The molecule has 0 aromatic heterocycles. The Kier molecular flexibility index (Phi) is 15.8. The molecule has 4 amide bonds. The Hall–Kier alpha value is -1.36. The summed E-state index contributed by atoms with van der Waals surface area (Å²) < 4.78 is 16.3. The van der Waals surface area contributed by atoms with Gasteiger partial charge in [0.1, 0.15) is 0 Å². The van der Waals surface area contributed by atoms with Crippen molar-refractivity contribution in [3.63, 3.8) is 0 Å². The summed E-state index contributed by atoms with van der Waals surface area (Å²) in [5, 5.41) is 8.53. The van der Waals surface area contributed by atoms with Gasteiger partial charge in [-0.1, -0.05) is 26.7 Å². The van der Waals surface area contributed by atoms with Gasteiger partial charge >= 0.3 is 20.9 Å². The number of nitrogens with zero attached hydrogens (tertiary/aromatic N) is 1. The predicted octanol–water partition coefficient (Wildman–Crippen LogP) is 2.17. The molecule has 0 aliphatic carbocycles. The second kappa shape index (κ2) is 16.6. The van der Waals surface area contributed by atoms with Crippen molar-refractivity contribution < 1.29 is 22.9 Å². The molecule has 0 aromatic rings. The van der Waals surface area contributed by atoms with Crippen LogP contribution in [0.25, 0.3) is 0 Å². The summed E-state index contributed by atoms with van der Waals surface area (Å²) in [6.07, 6.45) is 4.62. The van der Waals surface area contributed by atoms with Crippen LogP contribution in [0.1, 0.15) is 46.0 Å². The quantitative estimate of drug-likeness (QED) is 0.262. The number of hydrogen-bond donors (Lipinski definition) is 3. The fourth-order valence-corrected chi connectivity index (χ4v) is 4.29. The summed E-state index contributed by atoms with van der Waals surface area (Å²) >= 11 is 0. The van der Waals surface area contributed by atoms with Crippen LogP contribution >= 0.6 is 0 Å². The van der Waals surface area contributed by atoms with Gasteiger partial charge in [0.25, 0.3) is 0 Å². The van der Waals surface area contributed by atoms with Gasteiger partial charge in [-0.15, -0.1) is 0 Å². The highest BCUT2D eigenvalue weighted by Crippen LogP contribution is 2.15. The van der Waals surface area contributed by atoms with Crippen molar-refractivity contribution in [2.24, 2.45) is 0 Å². The van der Waals surface area contributed by atoms with E-state index in [4.69, 9.17) is 13.3 Å². The lowest BCUT2D eigenvalue weighted by molar-refractivity contribution is 0.121. The Labute approximate surface area is 171 Å². The van der Waals surface area contributed by atoms with Crippen molar-refractivity contribution in [1.29, 1.82) is 0 Å². The van der Waals surface area contributed by atoms with Crippen molar-refractivity contribution in [2.75, 3.05) is 54.1 Å². The van der Waals surface area contributed by atoms with Crippen molar-refractivity contribution >= 4 is 20.9 Å². The van der Waals surface area contributed by atoms with E-state index in [9.17, 15) is 9.59 Å². The molecule has 0 saturated heterocycles. The molecule has 0 unspecified atom stereocenters. The van der Waals surface area contributed by atoms with Crippen molar-refractivity contribution in [3.05, 3.63) is 0 Å². The number of carbonyl (C=O) groups excluding carboxylic acids is 2. The van der Waals surface area contributed by atoms with Crippen LogP contribution in [0.15, 0.2) is 0 Å². The molecule has 0 atom stereocenters. The minimum Gasteiger partial charge on any atom is -0.377 e. The van der Waals surface area contributed by atoms with Gasteiger partial charge in [0.2, 0.25) is 0 Å². The molecular weight excluding hydrogens is 380 g/mol. The molecule has 0 rings (SSSR count). The molecule has 0 aliphatic rings. The number of unbranched alkanes of at least 4 members (excludes halogenated alkanes) is 2. The Balaban J connectivity index is 4.53. The van der Waals surface area contributed by atoms with Crippen molar-refractivity contribution in [2.45, 2.75) is 52.0 Å². The van der Waals surface area contributed by atoms with Crippen LogP contribution in [-0.4, -0.2) is 79.8 Å². The Bertz CT molecular complexity index is 417. The van der Waals surface area contributed by atoms with E-state index >= 15 is 0 Å². The molecule has 0 saturated carbocycles. The van der Waals surface area contributed by atoms with Gasteiger partial charge in [-0.05, 0) is 19.3 Å². The van der Waals surface area contributed by atoms with E-state index in [0.717, 1.165) is 25.7 Å². The van der Waals surface area contributed by atoms with Crippen molar-refractivity contribution in [1.82, 2.24) is 20.9 Å². The lowest BCUT2D eigenvalue weighted by Crippen LogP contribution is -2.47. The summed E-state index contributed by atoms with van der Waals surface area (Å²) in [5.74, 6) is 0. The topological polar surface area (TPSA) is 101 Å².